The molecule has 16 atom stereocenters. The molecule has 8 aliphatic carbocycles. The highest BCUT2D eigenvalue weighted by Gasteiger charge is 2.64. The summed E-state index contributed by atoms with van der Waals surface area (Å²) in [6.07, 6.45) is 33.6. The Balaban J connectivity index is 0.000000175. The number of ether oxygens (including phenoxy) is 4. The molecule has 0 radical (unpaired) electrons. The third-order valence-electron chi connectivity index (χ3n) is 31.7. The van der Waals surface area contributed by atoms with Crippen molar-refractivity contribution in [3.63, 3.8) is 0 Å². The maximum Gasteiger partial charge on any atom is 0.127 e. The van der Waals surface area contributed by atoms with Gasteiger partial charge >= 0.3 is 0 Å². The predicted molar refractivity (Wildman–Crippen MR) is 457 cm³/mol. The number of fused-ring (bicyclic) bond motifs is 10. The van der Waals surface area contributed by atoms with Gasteiger partial charge in [0.1, 0.15) is 46.0 Å². The third-order valence-corrected chi connectivity index (χ3v) is 31.7. The first-order valence-corrected chi connectivity index (χ1v) is 43.1. The van der Waals surface area contributed by atoms with Gasteiger partial charge in [0, 0.05) is 33.6 Å². The number of benzene rings is 8. The molecule has 8 aromatic rings. The Labute approximate surface area is 661 Å². The Bertz CT molecular complexity index is 4210. The lowest BCUT2D eigenvalue weighted by molar-refractivity contribution is -0.122. The van der Waals surface area contributed by atoms with Crippen molar-refractivity contribution in [1.29, 1.82) is 0 Å². The van der Waals surface area contributed by atoms with Crippen molar-refractivity contribution in [3.8, 4) is 46.0 Å². The summed E-state index contributed by atoms with van der Waals surface area (Å²) in [6, 6.07) is 66.6. The summed E-state index contributed by atoms with van der Waals surface area (Å²) in [4.78, 5) is 0. The molecule has 8 nitrogen and oxygen atoms in total. The lowest BCUT2D eigenvalue weighted by Crippen LogP contribution is -2.55. The van der Waals surface area contributed by atoms with E-state index < -0.39 is 0 Å². The fraction of sp³-hybridized carbons (Fsp3) is 0.510. The van der Waals surface area contributed by atoms with E-state index in [-0.39, 0.29) is 10.8 Å². The summed E-state index contributed by atoms with van der Waals surface area (Å²) in [5.41, 5.74) is 35.4. The first-order chi connectivity index (χ1) is 52.9. The number of hydrogen-bond acceptors (Lipinski definition) is 8. The lowest BCUT2D eigenvalue weighted by Gasteiger charge is -2.63. The monoisotopic (exact) mass is 1480 g/mol. The zero-order valence-electron chi connectivity index (χ0n) is 68.3. The van der Waals surface area contributed by atoms with E-state index in [1.165, 1.54) is 163 Å². The molecular weight excluding hydrogens is 1350 g/mol. The number of anilines is 4. The molecule has 16 unspecified atom stereocenters. The Morgan fingerprint density at radius 1 is 0.336 bits per heavy atom. The molecule has 16 rings (SSSR count). The van der Waals surface area contributed by atoms with E-state index in [1.807, 2.05) is 97.1 Å². The van der Waals surface area contributed by atoms with E-state index in [0.717, 1.165) is 147 Å². The molecule has 0 saturated heterocycles. The van der Waals surface area contributed by atoms with Crippen LogP contribution in [0.25, 0.3) is 0 Å². The summed E-state index contributed by atoms with van der Waals surface area (Å²) in [7, 11) is 0. The van der Waals surface area contributed by atoms with Crippen LogP contribution in [0, 0.1) is 98.6 Å². The zero-order chi connectivity index (χ0) is 76.7. The van der Waals surface area contributed by atoms with Gasteiger partial charge in [0.15, 0.2) is 0 Å². The molecule has 0 bridgehead atoms. The normalized spacial score (nSPS) is 30.1. The van der Waals surface area contributed by atoms with Crippen LogP contribution in [0.5, 0.6) is 46.0 Å². The molecule has 110 heavy (non-hydrogen) atoms. The summed E-state index contributed by atoms with van der Waals surface area (Å²) >= 11 is 0. The van der Waals surface area contributed by atoms with E-state index in [4.69, 9.17) is 41.9 Å². The zero-order valence-corrected chi connectivity index (χ0v) is 68.3. The van der Waals surface area contributed by atoms with Gasteiger partial charge in [0.05, 0.1) is 0 Å². The van der Waals surface area contributed by atoms with Gasteiger partial charge in [0.25, 0.3) is 0 Å². The van der Waals surface area contributed by atoms with Crippen molar-refractivity contribution in [3.05, 3.63) is 228 Å². The van der Waals surface area contributed by atoms with Gasteiger partial charge in [-0.1, -0.05) is 135 Å². The highest BCUT2D eigenvalue weighted by atomic mass is 16.5. The quantitative estimate of drug-likeness (QED) is 0.0412. The molecule has 8 aromatic carbocycles. The Kier molecular flexibility index (Phi) is 22.3. The van der Waals surface area contributed by atoms with Crippen molar-refractivity contribution in [2.24, 2.45) is 98.6 Å². The van der Waals surface area contributed by atoms with Gasteiger partial charge in [-0.15, -0.1) is 0 Å². The number of rotatable bonds is 21. The summed E-state index contributed by atoms with van der Waals surface area (Å²) < 4.78 is 25.1. The minimum absolute atomic E-state index is 0.0659. The van der Waals surface area contributed by atoms with Crippen LogP contribution in [0.1, 0.15) is 239 Å². The number of nitrogens with two attached hydrogens (primary N) is 4. The second-order valence-corrected chi connectivity index (χ2v) is 38.3. The molecule has 0 heterocycles. The van der Waals surface area contributed by atoms with Crippen LogP contribution in [-0.4, -0.2) is 0 Å². The topological polar surface area (TPSA) is 141 Å². The first kappa shape index (κ1) is 77.2. The predicted octanol–water partition coefficient (Wildman–Crippen LogP) is 27.6. The van der Waals surface area contributed by atoms with E-state index in [0.29, 0.717) is 33.5 Å². The average molecular weight is 1480 g/mol. The van der Waals surface area contributed by atoms with Crippen LogP contribution in [-0.2, 0) is 10.8 Å². The van der Waals surface area contributed by atoms with E-state index >= 15 is 0 Å². The van der Waals surface area contributed by atoms with Crippen molar-refractivity contribution in [2.75, 3.05) is 22.9 Å². The Morgan fingerprint density at radius 3 is 0.927 bits per heavy atom. The second kappa shape index (κ2) is 31.8. The SMILES string of the molecule is CC(C)=CCCC(C)C1CCC2C3CCC4CC(c5ccc(Oc6ccc(N)cc6)cc5)(c5ccc(Oc6ccc(N)cc6)cc5)CCC4(C)C3CCC12C.CC(C)CCCC(C)C1CCC2C3CCC4CC(c5ccc(Oc6ccc(N)cc6)cc5)(c5ccc(Oc6ccc(N)cc6)cc5)CCC4(C)C3CCC12C. The summed E-state index contributed by atoms with van der Waals surface area (Å²) in [5, 5.41) is 0. The third kappa shape index (κ3) is 15.4. The number of hydrogen-bond donors (Lipinski definition) is 4. The van der Waals surface area contributed by atoms with Crippen LogP contribution >= 0.6 is 0 Å². The highest BCUT2D eigenvalue weighted by molar-refractivity contribution is 5.51. The van der Waals surface area contributed by atoms with Crippen LogP contribution < -0.4 is 41.9 Å². The molecule has 0 spiro atoms. The molecule has 0 aromatic heterocycles. The molecule has 0 amide bonds. The average Bonchev–Trinajstić information content (AvgIpc) is 1.25. The lowest BCUT2D eigenvalue weighted by atomic mass is 9.42. The standard InChI is InChI=1S/C51H66N2O2.C51H64N2O2/c2*1-34(2)7-6-8-35(3)46-27-28-47-45-26-13-38-33-51(32-31-49(38,4)48(45)29-30-50(46,47)5,36-9-18-41(19-10-36)54-43-22-14-39(52)15-23-43)37-11-20-42(21-12-37)55-44-24-16-40(53)17-25-44/h9-12,14-25,34-35,38,45-48H,6-8,13,26-33,52-53H2,1-5H3;7,9-12,14-25,35,38,45-48H,6,8,13,26-33,52-53H2,1-5H3. The van der Waals surface area contributed by atoms with E-state index in [2.05, 4.69) is 172 Å². The van der Waals surface area contributed by atoms with Gasteiger partial charge in [0.2, 0.25) is 0 Å². The maximum atomic E-state index is 6.27. The van der Waals surface area contributed by atoms with Crippen molar-refractivity contribution in [1.82, 2.24) is 0 Å². The second-order valence-electron chi connectivity index (χ2n) is 38.3. The highest BCUT2D eigenvalue weighted by Crippen LogP contribution is 2.73. The summed E-state index contributed by atoms with van der Waals surface area (Å²) in [5.74, 6) is 17.6. The Morgan fingerprint density at radius 2 is 0.627 bits per heavy atom. The minimum Gasteiger partial charge on any atom is -0.457 e. The molecule has 8 aliphatic rings. The number of nitrogen functional groups attached to an aromatic ring is 4. The van der Waals surface area contributed by atoms with Gasteiger partial charge < -0.3 is 41.9 Å². The van der Waals surface area contributed by atoms with Crippen molar-refractivity contribution >= 4 is 22.7 Å². The molecule has 582 valence electrons. The van der Waals surface area contributed by atoms with Crippen molar-refractivity contribution < 1.29 is 18.9 Å². The molecule has 8 saturated carbocycles. The Hall–Kier alpha value is -8.10. The van der Waals surface area contributed by atoms with Crippen LogP contribution in [0.4, 0.5) is 22.7 Å². The van der Waals surface area contributed by atoms with Gasteiger partial charge in [-0.2, -0.15) is 0 Å². The van der Waals surface area contributed by atoms with Crippen LogP contribution in [0.15, 0.2) is 206 Å². The molecular formula is C102H130N4O4. The van der Waals surface area contributed by atoms with Gasteiger partial charge in [-0.05, 0) is 409 Å². The smallest absolute Gasteiger partial charge is 0.127 e. The largest absolute Gasteiger partial charge is 0.457 e. The molecule has 0 aliphatic heterocycles. The van der Waals surface area contributed by atoms with Crippen LogP contribution in [0.2, 0.25) is 0 Å². The van der Waals surface area contributed by atoms with Crippen LogP contribution in [0.3, 0.4) is 0 Å². The molecule has 8 fully saturated rings. The summed E-state index contributed by atoms with van der Waals surface area (Å²) in [6.45, 7) is 25.4. The maximum absolute atomic E-state index is 6.27. The van der Waals surface area contributed by atoms with Crippen molar-refractivity contribution in [2.45, 2.75) is 228 Å². The first-order valence-electron chi connectivity index (χ1n) is 43.1. The fourth-order valence-electron chi connectivity index (χ4n) is 25.8. The minimum atomic E-state index is -0.0706. The molecule has 8 heteroatoms. The fourth-order valence-corrected chi connectivity index (χ4v) is 25.8. The van der Waals surface area contributed by atoms with E-state index in [9.17, 15) is 0 Å². The van der Waals surface area contributed by atoms with E-state index in [1.54, 1.807) is 0 Å². The number of allylic oxidation sites excluding steroid dienone is 2. The van der Waals surface area contributed by atoms with Gasteiger partial charge in [-0.3, -0.25) is 0 Å². The molecule has 8 N–H and O–H groups in total. The van der Waals surface area contributed by atoms with Gasteiger partial charge in [-0.25, -0.2) is 0 Å².